The molecule has 6 N–H and O–H groups in total. The molecule has 6 heterocycles. The maximum Gasteiger partial charge on any atom is 0.328 e. The number of aromatic amines is 3. The van der Waals surface area contributed by atoms with Gasteiger partial charge in [0.25, 0.3) is 0 Å². The lowest BCUT2D eigenvalue weighted by atomic mass is 10.0. The number of hydrogen-bond donors (Lipinski definition) is 6. The number of anilines is 3. The van der Waals surface area contributed by atoms with Crippen molar-refractivity contribution in [1.29, 1.82) is 0 Å². The van der Waals surface area contributed by atoms with Gasteiger partial charge in [-0.3, -0.25) is 4.79 Å². The molecular weight excluding hydrogens is 1120 g/mol. The second-order valence-electron chi connectivity index (χ2n) is 18.7. The average Bonchev–Trinajstić information content (AvgIpc) is 3.74. The quantitative estimate of drug-likeness (QED) is 0.0268. The van der Waals surface area contributed by atoms with Crippen LogP contribution in [0.25, 0.3) is 78.6 Å². The summed E-state index contributed by atoms with van der Waals surface area (Å²) in [5.74, 6) is -24.0. The minimum atomic E-state index is -2.41. The van der Waals surface area contributed by atoms with Crippen LogP contribution in [0.15, 0.2) is 121 Å². The van der Waals surface area contributed by atoms with E-state index >= 15 is 35.1 Å². The molecule has 418 valence electrons. The van der Waals surface area contributed by atoms with Crippen molar-refractivity contribution in [3.8, 4) is 33.4 Å². The highest BCUT2D eigenvalue weighted by Crippen LogP contribution is 2.41. The van der Waals surface area contributed by atoms with Gasteiger partial charge in [-0.2, -0.15) is 15.0 Å². The first-order valence-electron chi connectivity index (χ1n) is 24.9. The van der Waals surface area contributed by atoms with E-state index in [1.54, 1.807) is 54.6 Å². The molecule has 24 heteroatoms. The lowest BCUT2D eigenvalue weighted by Gasteiger charge is -2.23. The number of methoxy groups -OCH3 is 1. The molecule has 2 atom stereocenters. The van der Waals surface area contributed by atoms with Crippen molar-refractivity contribution in [2.75, 3.05) is 17.7 Å². The van der Waals surface area contributed by atoms with Crippen molar-refractivity contribution in [2.45, 2.75) is 24.9 Å². The molecule has 5 aromatic carbocycles. The van der Waals surface area contributed by atoms with Crippen LogP contribution in [-0.4, -0.2) is 66.0 Å². The van der Waals surface area contributed by atoms with Crippen molar-refractivity contribution in [3.05, 3.63) is 207 Å². The van der Waals surface area contributed by atoms with Crippen LogP contribution >= 0.6 is 11.6 Å². The van der Waals surface area contributed by atoms with E-state index < -0.39 is 104 Å². The van der Waals surface area contributed by atoms with Gasteiger partial charge in [-0.15, -0.1) is 0 Å². The molecule has 1 amide bonds. The Hall–Kier alpha value is -10.0. The zero-order valence-electron chi connectivity index (χ0n) is 42.4. The second-order valence-corrected chi connectivity index (χ2v) is 19.0. The van der Waals surface area contributed by atoms with Gasteiger partial charge >= 0.3 is 5.97 Å². The number of hydrogen-bond acceptors (Lipinski definition) is 9. The lowest BCUT2D eigenvalue weighted by Crippen LogP contribution is -2.50. The SMILES string of the molecule is COC(=O)[C@H](Cc1ccccc1)NC(=O)[C@H](Cc1ccccc1)Nc1nc(Cl)nc(Nc2ccc(-c3c4nc(c(-c5c(F)c(F)c(F)c(F)c5F)c5ccc([nH]5)c5ccc([nH]5)c(-c5c(F)c(F)c(F)c(F)c5F)c5ccc3[nH]5)C=C4)cc2)n1. The summed E-state index contributed by atoms with van der Waals surface area (Å²) in [5, 5.41) is 8.49. The average molecular weight is 1160 g/mol. The predicted octanol–water partition coefficient (Wildman–Crippen LogP) is 13.6. The molecule has 10 aromatic rings. The maximum atomic E-state index is 15.9. The standard InChI is InChI=1S/C59H37ClF10N10O3/c1-83-56(82)39(25-27-10-6-3-7-11-27)76-55(81)38(24-26-8-4-2-5-9-26)77-59-79-57(60)78-58(80-59)71-29-14-12-28(13-15-29)40-32-20-22-36(74-32)41(43-45(61)49(65)53(69)50(66)46(43)62)34-18-16-30(72-34)31-17-19-35(73-31)42(37-23-21-33(40)75-37)44-47(63)51(67)54(70)52(68)48(44)64/h2-23,38-39,72-74H,24-25H2,1H3,(H,76,81)(H2,71,77,78,79,80)/t38-,39-/m0/s1. The highest BCUT2D eigenvalue weighted by atomic mass is 35.5. The molecule has 0 saturated carbocycles. The van der Waals surface area contributed by atoms with Crippen LogP contribution in [0.1, 0.15) is 22.5 Å². The number of fused-ring (bicyclic) bond motifs is 9. The van der Waals surface area contributed by atoms with Crippen molar-refractivity contribution in [1.82, 2.24) is 40.2 Å². The molecule has 5 aromatic heterocycles. The second kappa shape index (κ2) is 22.5. The molecule has 0 aliphatic carbocycles. The fraction of sp³-hybridized carbons (Fsp3) is 0.0847. The normalized spacial score (nSPS) is 12.4. The van der Waals surface area contributed by atoms with Gasteiger partial charge in [-0.1, -0.05) is 72.8 Å². The summed E-state index contributed by atoms with van der Waals surface area (Å²) in [6, 6.07) is 29.8. The van der Waals surface area contributed by atoms with Gasteiger partial charge in [-0.05, 0) is 89.0 Å². The van der Waals surface area contributed by atoms with Crippen LogP contribution in [-0.2, 0) is 27.2 Å². The van der Waals surface area contributed by atoms with E-state index in [0.29, 0.717) is 5.69 Å². The summed E-state index contributed by atoms with van der Waals surface area (Å²) >= 11 is 6.43. The fourth-order valence-corrected chi connectivity index (χ4v) is 9.78. The van der Waals surface area contributed by atoms with Gasteiger partial charge in [0.2, 0.25) is 34.7 Å². The van der Waals surface area contributed by atoms with Crippen LogP contribution in [0.5, 0.6) is 0 Å². The van der Waals surface area contributed by atoms with E-state index in [1.807, 2.05) is 6.07 Å². The van der Waals surface area contributed by atoms with Gasteiger partial charge in [0.15, 0.2) is 46.5 Å². The smallest absolute Gasteiger partial charge is 0.328 e. The topological polar surface area (TPSA) is 178 Å². The molecule has 0 fully saturated rings. The number of amides is 1. The van der Waals surface area contributed by atoms with E-state index in [-0.39, 0.29) is 85.6 Å². The van der Waals surface area contributed by atoms with E-state index in [0.717, 1.165) is 11.1 Å². The molecule has 8 bridgehead atoms. The number of carbonyl (C=O) groups excluding carboxylic acids is 2. The predicted molar refractivity (Wildman–Crippen MR) is 291 cm³/mol. The lowest BCUT2D eigenvalue weighted by molar-refractivity contribution is -0.145. The maximum absolute atomic E-state index is 15.9. The summed E-state index contributed by atoms with van der Waals surface area (Å²) in [5.41, 5.74) is -2.29. The molecule has 1 aliphatic heterocycles. The Balaban J connectivity index is 1.02. The van der Waals surface area contributed by atoms with Crippen LogP contribution in [0.4, 0.5) is 61.5 Å². The fourth-order valence-electron chi connectivity index (χ4n) is 9.62. The molecule has 13 nitrogen and oxygen atoms in total. The highest BCUT2D eigenvalue weighted by molar-refractivity contribution is 6.28. The Bertz CT molecular complexity index is 4330. The van der Waals surface area contributed by atoms with Crippen LogP contribution in [0.3, 0.4) is 0 Å². The number of halogens is 11. The largest absolute Gasteiger partial charge is 0.467 e. The molecule has 83 heavy (non-hydrogen) atoms. The Morgan fingerprint density at radius 3 is 1.41 bits per heavy atom. The first kappa shape index (κ1) is 54.9. The summed E-state index contributed by atoms with van der Waals surface area (Å²) in [7, 11) is 1.21. The summed E-state index contributed by atoms with van der Waals surface area (Å²) in [4.78, 5) is 53.3. The van der Waals surface area contributed by atoms with E-state index in [9.17, 15) is 18.4 Å². The van der Waals surface area contributed by atoms with Crippen LogP contribution in [0.2, 0.25) is 5.28 Å². The number of nitrogens with one attached hydrogen (secondary N) is 6. The number of esters is 1. The molecule has 0 radical (unpaired) electrons. The van der Waals surface area contributed by atoms with Crippen LogP contribution in [0, 0.1) is 58.2 Å². The zero-order valence-corrected chi connectivity index (χ0v) is 43.2. The number of benzene rings is 5. The Morgan fingerprint density at radius 2 is 0.892 bits per heavy atom. The minimum Gasteiger partial charge on any atom is -0.467 e. The summed E-state index contributed by atoms with van der Waals surface area (Å²) in [6.07, 6.45) is 2.82. The van der Waals surface area contributed by atoms with Crippen molar-refractivity contribution >= 4 is 86.3 Å². The number of carbonyl (C=O) groups is 2. The molecule has 0 spiro atoms. The molecule has 0 saturated heterocycles. The molecule has 1 aliphatic rings. The molecule has 0 unspecified atom stereocenters. The van der Waals surface area contributed by atoms with Gasteiger partial charge in [-0.25, -0.2) is 53.7 Å². The van der Waals surface area contributed by atoms with Gasteiger partial charge in [0.1, 0.15) is 12.1 Å². The third-order valence-corrected chi connectivity index (χ3v) is 13.7. The number of aromatic nitrogens is 7. The number of ether oxygens (including phenoxy) is 1. The van der Waals surface area contributed by atoms with Gasteiger partial charge in [0, 0.05) is 57.3 Å². The Morgan fingerprint density at radius 1 is 0.470 bits per heavy atom. The number of H-pyrrole nitrogens is 3. The van der Waals surface area contributed by atoms with E-state index in [4.69, 9.17) is 16.3 Å². The molecule has 11 rings (SSSR count). The molecular formula is C59H37ClF10N10O3. The number of rotatable bonds is 14. The van der Waals surface area contributed by atoms with Crippen LogP contribution < -0.4 is 16.0 Å². The minimum absolute atomic E-state index is 0.0245. The first-order valence-corrected chi connectivity index (χ1v) is 25.2. The summed E-state index contributed by atoms with van der Waals surface area (Å²) < 4.78 is 158. The Labute approximate surface area is 466 Å². The third-order valence-electron chi connectivity index (χ3n) is 13.5. The van der Waals surface area contributed by atoms with Crippen molar-refractivity contribution < 1.29 is 58.2 Å². The first-order chi connectivity index (χ1) is 40.0. The highest BCUT2D eigenvalue weighted by Gasteiger charge is 2.32. The zero-order chi connectivity index (χ0) is 58.4. The van der Waals surface area contributed by atoms with Crippen molar-refractivity contribution in [3.63, 3.8) is 0 Å². The van der Waals surface area contributed by atoms with Gasteiger partial charge in [0.05, 0.1) is 40.7 Å². The van der Waals surface area contributed by atoms with E-state index in [2.05, 4.69) is 50.8 Å². The third kappa shape index (κ3) is 10.6. The van der Waals surface area contributed by atoms with Crippen molar-refractivity contribution in [2.24, 2.45) is 0 Å². The van der Waals surface area contributed by atoms with E-state index in [1.165, 1.54) is 79.9 Å². The number of nitrogens with zero attached hydrogens (tertiary/aromatic N) is 4. The van der Waals surface area contributed by atoms with Gasteiger partial charge < -0.3 is 35.6 Å². The Kier molecular flexibility index (Phi) is 14.9. The monoisotopic (exact) mass is 1160 g/mol. The summed E-state index contributed by atoms with van der Waals surface area (Å²) in [6.45, 7) is 0.